The smallest absolute Gasteiger partial charge is 0.219 e. The van der Waals surface area contributed by atoms with Gasteiger partial charge in [0.2, 0.25) is 6.41 Å². The Balaban J connectivity index is 2.01. The fourth-order valence-electron chi connectivity index (χ4n) is 4.72. The number of aromatic nitrogens is 2. The second kappa shape index (κ2) is 11.2. The molecule has 3 heterocycles. The number of carbonyl (C=O) groups excluding carboxylic acids is 1. The van der Waals surface area contributed by atoms with Gasteiger partial charge in [-0.25, -0.2) is 9.37 Å². The number of aliphatic imine (C=N–C) groups is 1. The topological polar surface area (TPSA) is 61.7 Å². The average Bonchev–Trinajstić information content (AvgIpc) is 2.88. The number of carbonyl (C=O) groups is 1. The van der Waals surface area contributed by atoms with E-state index in [4.69, 9.17) is 16.6 Å². The van der Waals surface area contributed by atoms with Crippen LogP contribution >= 0.6 is 11.6 Å². The summed E-state index contributed by atoms with van der Waals surface area (Å²) in [5.41, 5.74) is 3.46. The van der Waals surface area contributed by atoms with Crippen LogP contribution in [0.3, 0.4) is 0 Å². The Kier molecular flexibility index (Phi) is 7.99. The molecule has 1 aromatic carbocycles. The minimum absolute atomic E-state index is 0.0607. The van der Waals surface area contributed by atoms with E-state index in [9.17, 15) is 9.18 Å². The number of anilines is 2. The van der Waals surface area contributed by atoms with Crippen LogP contribution in [-0.4, -0.2) is 47.3 Å². The van der Waals surface area contributed by atoms with Crippen LogP contribution in [0.1, 0.15) is 55.8 Å². The monoisotopic (exact) mass is 507 g/mol. The third-order valence-corrected chi connectivity index (χ3v) is 6.76. The lowest BCUT2D eigenvalue weighted by Crippen LogP contribution is -2.37. The van der Waals surface area contributed by atoms with Crippen molar-refractivity contribution in [3.05, 3.63) is 70.3 Å². The minimum atomic E-state index is -0.441. The van der Waals surface area contributed by atoms with Crippen LogP contribution in [0.5, 0.6) is 0 Å². The van der Waals surface area contributed by atoms with Crippen LogP contribution in [0.2, 0.25) is 5.02 Å². The molecule has 0 radical (unpaired) electrons. The van der Waals surface area contributed by atoms with Gasteiger partial charge < -0.3 is 4.90 Å². The lowest BCUT2D eigenvalue weighted by Gasteiger charge is -2.32. The molecule has 0 atom stereocenters. The van der Waals surface area contributed by atoms with Crippen molar-refractivity contribution in [1.29, 1.82) is 0 Å². The van der Waals surface area contributed by atoms with E-state index < -0.39 is 5.82 Å². The Bertz CT molecular complexity index is 1290. The highest BCUT2D eigenvalue weighted by Crippen LogP contribution is 2.39. The molecule has 1 saturated heterocycles. The predicted molar refractivity (Wildman–Crippen MR) is 144 cm³/mol. The molecule has 6 nitrogen and oxygen atoms in total. The molecular formula is C28H31ClFN5O. The van der Waals surface area contributed by atoms with E-state index in [2.05, 4.69) is 14.9 Å². The first-order valence-electron chi connectivity index (χ1n) is 12.2. The quantitative estimate of drug-likeness (QED) is 0.216. The Morgan fingerprint density at radius 2 is 1.92 bits per heavy atom. The highest BCUT2D eigenvalue weighted by Gasteiger charge is 2.28. The predicted octanol–water partition coefficient (Wildman–Crippen LogP) is 6.52. The minimum Gasteiger partial charge on any atom is -0.356 e. The molecule has 1 fully saturated rings. The summed E-state index contributed by atoms with van der Waals surface area (Å²) in [6, 6.07) is 9.96. The van der Waals surface area contributed by atoms with Gasteiger partial charge in [0, 0.05) is 31.9 Å². The van der Waals surface area contributed by atoms with E-state index in [1.165, 1.54) is 17.4 Å². The van der Waals surface area contributed by atoms with Gasteiger partial charge in [0.1, 0.15) is 11.7 Å². The van der Waals surface area contributed by atoms with Crippen molar-refractivity contribution in [1.82, 2.24) is 14.9 Å². The number of rotatable bonds is 6. The average molecular weight is 508 g/mol. The number of amidine groups is 1. The van der Waals surface area contributed by atoms with E-state index >= 15 is 0 Å². The fourth-order valence-corrected chi connectivity index (χ4v) is 4.98. The molecule has 188 valence electrons. The van der Waals surface area contributed by atoms with E-state index in [0.717, 1.165) is 43.6 Å². The Labute approximate surface area is 216 Å². The van der Waals surface area contributed by atoms with E-state index in [1.807, 2.05) is 26.8 Å². The van der Waals surface area contributed by atoms with Crippen molar-refractivity contribution in [2.75, 3.05) is 25.0 Å². The van der Waals surface area contributed by atoms with Gasteiger partial charge in [-0.1, -0.05) is 37.6 Å². The van der Waals surface area contributed by atoms with Gasteiger partial charge in [-0.2, -0.15) is 0 Å². The zero-order valence-electron chi connectivity index (χ0n) is 21.1. The molecule has 0 spiro atoms. The standard InChI is InChI=1S/C28H31ClFN5O/c1-18(2)24-26(19(3)12-13-32-24)35(17-36)28-21(27(31-4)34-14-8-5-9-15-34)16-22(29)25(33-28)20-10-6-7-11-23(20)30/h6-7,10-13,16-18H,5,8-9,14-15H2,1-4H3. The third-order valence-electron chi connectivity index (χ3n) is 6.47. The second-order valence-electron chi connectivity index (χ2n) is 9.26. The SMILES string of the molecule is CN=C(c1cc(Cl)c(-c2ccccc2F)nc1N(C=O)c1c(C)ccnc1C(C)C)N1CCCCC1. The van der Waals surface area contributed by atoms with Crippen LogP contribution in [0.4, 0.5) is 15.9 Å². The first kappa shape index (κ1) is 25.8. The molecule has 0 N–H and O–H groups in total. The van der Waals surface area contributed by atoms with Crippen LogP contribution in [0.25, 0.3) is 11.3 Å². The Hall–Kier alpha value is -3.32. The van der Waals surface area contributed by atoms with Gasteiger partial charge in [0.05, 0.1) is 27.7 Å². The molecule has 0 aliphatic carbocycles. The molecular weight excluding hydrogens is 477 g/mol. The summed E-state index contributed by atoms with van der Waals surface area (Å²) in [5.74, 6) is 0.671. The van der Waals surface area contributed by atoms with Gasteiger partial charge in [-0.3, -0.25) is 19.7 Å². The first-order valence-corrected chi connectivity index (χ1v) is 12.6. The number of aryl methyl sites for hydroxylation is 1. The van der Waals surface area contributed by atoms with Crippen LogP contribution in [0, 0.1) is 12.7 Å². The maximum atomic E-state index is 14.8. The summed E-state index contributed by atoms with van der Waals surface area (Å²) in [4.78, 5) is 30.5. The van der Waals surface area contributed by atoms with Crippen LogP contribution in [-0.2, 0) is 4.79 Å². The Morgan fingerprint density at radius 1 is 1.19 bits per heavy atom. The number of pyridine rings is 2. The zero-order chi connectivity index (χ0) is 25.8. The number of amides is 1. The summed E-state index contributed by atoms with van der Waals surface area (Å²) in [5, 5.41) is 0.287. The lowest BCUT2D eigenvalue weighted by atomic mass is 10.0. The zero-order valence-corrected chi connectivity index (χ0v) is 21.9. The number of hydrogen-bond acceptors (Lipinski definition) is 4. The van der Waals surface area contributed by atoms with E-state index in [1.54, 1.807) is 37.5 Å². The molecule has 0 bridgehead atoms. The highest BCUT2D eigenvalue weighted by atomic mass is 35.5. The maximum Gasteiger partial charge on any atom is 0.219 e. The molecule has 3 aromatic rings. The molecule has 4 rings (SSSR count). The van der Waals surface area contributed by atoms with Gasteiger partial charge in [-0.15, -0.1) is 0 Å². The number of halogens is 2. The van der Waals surface area contributed by atoms with Crippen molar-refractivity contribution in [2.24, 2.45) is 4.99 Å². The molecule has 8 heteroatoms. The number of benzene rings is 1. The number of likely N-dealkylation sites (tertiary alicyclic amines) is 1. The molecule has 1 amide bonds. The first-order chi connectivity index (χ1) is 17.4. The summed E-state index contributed by atoms with van der Waals surface area (Å²) in [6.45, 7) is 7.70. The summed E-state index contributed by atoms with van der Waals surface area (Å²) < 4.78 is 14.8. The van der Waals surface area contributed by atoms with Crippen LogP contribution < -0.4 is 4.90 Å². The second-order valence-corrected chi connectivity index (χ2v) is 9.66. The third kappa shape index (κ3) is 4.98. The van der Waals surface area contributed by atoms with E-state index in [-0.39, 0.29) is 22.2 Å². The van der Waals surface area contributed by atoms with Crippen molar-refractivity contribution in [3.63, 3.8) is 0 Å². The fraction of sp³-hybridized carbons (Fsp3) is 0.357. The normalized spacial score (nSPS) is 14.3. The van der Waals surface area contributed by atoms with E-state index in [0.29, 0.717) is 22.9 Å². The maximum absolute atomic E-state index is 14.8. The van der Waals surface area contributed by atoms with Crippen molar-refractivity contribution in [3.8, 4) is 11.3 Å². The van der Waals surface area contributed by atoms with Crippen molar-refractivity contribution >= 4 is 35.4 Å². The number of hydrogen-bond donors (Lipinski definition) is 0. The highest BCUT2D eigenvalue weighted by molar-refractivity contribution is 6.33. The lowest BCUT2D eigenvalue weighted by molar-refractivity contribution is -0.106. The number of nitrogens with zero attached hydrogens (tertiary/aromatic N) is 5. The largest absolute Gasteiger partial charge is 0.356 e. The molecule has 0 unspecified atom stereocenters. The van der Waals surface area contributed by atoms with Crippen LogP contribution in [0.15, 0.2) is 47.6 Å². The molecule has 36 heavy (non-hydrogen) atoms. The summed E-state index contributed by atoms with van der Waals surface area (Å²) in [6.07, 6.45) is 5.76. The molecule has 1 aliphatic heterocycles. The van der Waals surface area contributed by atoms with Crippen molar-refractivity contribution < 1.29 is 9.18 Å². The van der Waals surface area contributed by atoms with Gasteiger partial charge >= 0.3 is 0 Å². The van der Waals surface area contributed by atoms with Gasteiger partial charge in [-0.05, 0) is 61.9 Å². The molecule has 2 aromatic heterocycles. The molecule has 1 aliphatic rings. The van der Waals surface area contributed by atoms with Gasteiger partial charge in [0.25, 0.3) is 0 Å². The Morgan fingerprint density at radius 3 is 2.56 bits per heavy atom. The summed E-state index contributed by atoms with van der Waals surface area (Å²) >= 11 is 6.73. The molecule has 0 saturated carbocycles. The van der Waals surface area contributed by atoms with Gasteiger partial charge in [0.15, 0.2) is 5.82 Å². The number of piperidine rings is 1. The van der Waals surface area contributed by atoms with Crippen molar-refractivity contribution in [2.45, 2.75) is 46.0 Å². The summed E-state index contributed by atoms with van der Waals surface area (Å²) in [7, 11) is 1.73.